The van der Waals surface area contributed by atoms with E-state index in [1.54, 1.807) is 0 Å². The number of nitrogens with one attached hydrogen (secondary N) is 1. The summed E-state index contributed by atoms with van der Waals surface area (Å²) in [6, 6.07) is 14.0. The number of aryl methyl sites for hydroxylation is 1. The van der Waals surface area contributed by atoms with Crippen molar-refractivity contribution in [2.45, 2.75) is 20.4 Å². The number of hydrogen-bond acceptors (Lipinski definition) is 3. The van der Waals surface area contributed by atoms with E-state index in [1.807, 2.05) is 24.3 Å². The highest BCUT2D eigenvalue weighted by molar-refractivity contribution is 6.30. The first-order chi connectivity index (χ1) is 12.5. The van der Waals surface area contributed by atoms with Gasteiger partial charge in [0.25, 0.3) is 0 Å². The molecule has 1 saturated heterocycles. The summed E-state index contributed by atoms with van der Waals surface area (Å²) >= 11 is 5.98. The van der Waals surface area contributed by atoms with Gasteiger partial charge in [0.1, 0.15) is 0 Å². The van der Waals surface area contributed by atoms with Crippen LogP contribution >= 0.6 is 11.6 Å². The molecule has 0 bridgehead atoms. The van der Waals surface area contributed by atoms with Gasteiger partial charge in [-0.2, -0.15) is 0 Å². The predicted octanol–water partition coefficient (Wildman–Crippen LogP) is 3.40. The third-order valence-electron chi connectivity index (χ3n) is 5.03. The molecule has 0 unspecified atom stereocenters. The lowest BCUT2D eigenvalue weighted by atomic mass is 10.1. The van der Waals surface area contributed by atoms with Gasteiger partial charge in [-0.15, -0.1) is 0 Å². The van der Waals surface area contributed by atoms with Crippen molar-refractivity contribution in [3.8, 4) is 0 Å². The van der Waals surface area contributed by atoms with Crippen molar-refractivity contribution in [2.75, 3.05) is 37.6 Å². The minimum Gasteiger partial charge on any atom is -0.369 e. The van der Waals surface area contributed by atoms with Gasteiger partial charge in [-0.1, -0.05) is 35.9 Å². The molecular weight excluding hydrogens is 346 g/mol. The lowest BCUT2D eigenvalue weighted by Gasteiger charge is -2.36. The number of nitrogens with zero attached hydrogens (tertiary/aromatic N) is 2. The van der Waals surface area contributed by atoms with E-state index in [4.69, 9.17) is 11.6 Å². The molecule has 138 valence electrons. The second-order valence-corrected chi connectivity index (χ2v) is 7.33. The zero-order chi connectivity index (χ0) is 18.5. The standard InChI is InChI=1S/C21H26ClN3O/c1-16-5-3-8-20(17(16)2)25-11-9-24(10-12-25)15-21(26)23-14-18-6-4-7-19(22)13-18/h3-8,13H,9-12,14-15H2,1-2H3,(H,23,26). The van der Waals surface area contributed by atoms with Crippen LogP contribution in [0, 0.1) is 13.8 Å². The Bertz CT molecular complexity index is 770. The van der Waals surface area contributed by atoms with E-state index >= 15 is 0 Å². The number of rotatable bonds is 5. The number of benzene rings is 2. The van der Waals surface area contributed by atoms with Crippen LogP contribution in [0.25, 0.3) is 0 Å². The number of halogens is 1. The van der Waals surface area contributed by atoms with E-state index in [0.717, 1.165) is 31.7 Å². The fourth-order valence-corrected chi connectivity index (χ4v) is 3.54. The van der Waals surface area contributed by atoms with E-state index in [2.05, 4.69) is 47.2 Å². The molecular formula is C21H26ClN3O. The molecule has 0 aliphatic carbocycles. The highest BCUT2D eigenvalue weighted by Crippen LogP contribution is 2.23. The van der Waals surface area contributed by atoms with Crippen LogP contribution in [0.1, 0.15) is 16.7 Å². The summed E-state index contributed by atoms with van der Waals surface area (Å²) in [6.45, 7) is 9.00. The molecule has 0 saturated carbocycles. The second-order valence-electron chi connectivity index (χ2n) is 6.89. The van der Waals surface area contributed by atoms with E-state index in [1.165, 1.54) is 16.8 Å². The lowest BCUT2D eigenvalue weighted by Crippen LogP contribution is -2.49. The summed E-state index contributed by atoms with van der Waals surface area (Å²) in [6.07, 6.45) is 0. The molecule has 2 aromatic carbocycles. The Balaban J connectivity index is 1.46. The first-order valence-corrected chi connectivity index (χ1v) is 9.45. The van der Waals surface area contributed by atoms with Gasteiger partial charge in [0.2, 0.25) is 5.91 Å². The van der Waals surface area contributed by atoms with E-state index < -0.39 is 0 Å². The molecule has 0 spiro atoms. The zero-order valence-electron chi connectivity index (χ0n) is 15.5. The monoisotopic (exact) mass is 371 g/mol. The minimum atomic E-state index is 0.0603. The molecule has 0 atom stereocenters. The van der Waals surface area contributed by atoms with Gasteiger partial charge in [0.05, 0.1) is 6.54 Å². The Morgan fingerprint density at radius 2 is 1.81 bits per heavy atom. The molecule has 0 aromatic heterocycles. The van der Waals surface area contributed by atoms with Crippen LogP contribution < -0.4 is 10.2 Å². The summed E-state index contributed by atoms with van der Waals surface area (Å²) in [5.41, 5.74) is 5.01. The quantitative estimate of drug-likeness (QED) is 0.875. The van der Waals surface area contributed by atoms with Gasteiger partial charge in [-0.25, -0.2) is 0 Å². The largest absolute Gasteiger partial charge is 0.369 e. The van der Waals surface area contributed by atoms with Crippen LogP contribution in [0.4, 0.5) is 5.69 Å². The summed E-state index contributed by atoms with van der Waals surface area (Å²) in [7, 11) is 0. The fourth-order valence-electron chi connectivity index (χ4n) is 3.33. The summed E-state index contributed by atoms with van der Waals surface area (Å²) < 4.78 is 0. The Morgan fingerprint density at radius 3 is 2.54 bits per heavy atom. The molecule has 4 nitrogen and oxygen atoms in total. The van der Waals surface area contributed by atoms with E-state index in [9.17, 15) is 4.79 Å². The summed E-state index contributed by atoms with van der Waals surface area (Å²) in [5, 5.41) is 3.67. The zero-order valence-corrected chi connectivity index (χ0v) is 16.2. The molecule has 1 heterocycles. The molecule has 1 aliphatic rings. The molecule has 1 aliphatic heterocycles. The van der Waals surface area contributed by atoms with Crippen LogP contribution in [0.15, 0.2) is 42.5 Å². The van der Waals surface area contributed by atoms with Gasteiger partial charge in [-0.3, -0.25) is 9.69 Å². The van der Waals surface area contributed by atoms with Gasteiger partial charge >= 0.3 is 0 Å². The van der Waals surface area contributed by atoms with Crippen molar-refractivity contribution >= 4 is 23.2 Å². The molecule has 2 aromatic rings. The fraction of sp³-hybridized carbons (Fsp3) is 0.381. The van der Waals surface area contributed by atoms with Crippen molar-refractivity contribution < 1.29 is 4.79 Å². The second kappa shape index (κ2) is 8.56. The van der Waals surface area contributed by atoms with Crippen molar-refractivity contribution in [1.29, 1.82) is 0 Å². The molecule has 1 N–H and O–H groups in total. The van der Waals surface area contributed by atoms with Gasteiger partial charge < -0.3 is 10.2 Å². The summed E-state index contributed by atoms with van der Waals surface area (Å²) in [4.78, 5) is 16.9. The van der Waals surface area contributed by atoms with Crippen LogP contribution in [-0.2, 0) is 11.3 Å². The SMILES string of the molecule is Cc1cccc(N2CCN(CC(=O)NCc3cccc(Cl)c3)CC2)c1C. The smallest absolute Gasteiger partial charge is 0.234 e. The van der Waals surface area contributed by atoms with Crippen molar-refractivity contribution in [1.82, 2.24) is 10.2 Å². The molecule has 3 rings (SSSR count). The van der Waals surface area contributed by atoms with Crippen molar-refractivity contribution in [3.05, 3.63) is 64.2 Å². The lowest BCUT2D eigenvalue weighted by molar-refractivity contribution is -0.122. The number of piperazine rings is 1. The number of carbonyl (C=O) groups excluding carboxylic acids is 1. The summed E-state index contributed by atoms with van der Waals surface area (Å²) in [5.74, 6) is 0.0603. The van der Waals surface area contributed by atoms with Crippen LogP contribution in [0.5, 0.6) is 0 Å². The van der Waals surface area contributed by atoms with E-state index in [0.29, 0.717) is 18.1 Å². The topological polar surface area (TPSA) is 35.6 Å². The highest BCUT2D eigenvalue weighted by atomic mass is 35.5. The average Bonchev–Trinajstić information content (AvgIpc) is 2.63. The molecule has 5 heteroatoms. The Kier molecular flexibility index (Phi) is 6.17. The van der Waals surface area contributed by atoms with Gasteiger partial charge in [0.15, 0.2) is 0 Å². The van der Waals surface area contributed by atoms with Crippen molar-refractivity contribution in [3.63, 3.8) is 0 Å². The van der Waals surface area contributed by atoms with Crippen LogP contribution in [0.2, 0.25) is 5.02 Å². The first-order valence-electron chi connectivity index (χ1n) is 9.07. The highest BCUT2D eigenvalue weighted by Gasteiger charge is 2.20. The maximum absolute atomic E-state index is 12.2. The third-order valence-corrected chi connectivity index (χ3v) is 5.27. The number of hydrogen-bond donors (Lipinski definition) is 1. The minimum absolute atomic E-state index is 0.0603. The van der Waals surface area contributed by atoms with Crippen molar-refractivity contribution in [2.24, 2.45) is 0 Å². The molecule has 1 fully saturated rings. The first kappa shape index (κ1) is 18.7. The number of anilines is 1. The van der Waals surface area contributed by atoms with Gasteiger partial charge in [-0.05, 0) is 48.7 Å². The number of carbonyl (C=O) groups is 1. The average molecular weight is 372 g/mol. The maximum Gasteiger partial charge on any atom is 0.234 e. The molecule has 26 heavy (non-hydrogen) atoms. The van der Waals surface area contributed by atoms with Crippen LogP contribution in [0.3, 0.4) is 0 Å². The van der Waals surface area contributed by atoms with Crippen LogP contribution in [-0.4, -0.2) is 43.5 Å². The molecule has 1 amide bonds. The Labute approximate surface area is 160 Å². The molecule has 0 radical (unpaired) electrons. The Morgan fingerprint density at radius 1 is 1.08 bits per heavy atom. The Hall–Kier alpha value is -2.04. The normalized spacial score (nSPS) is 15.1. The predicted molar refractivity (Wildman–Crippen MR) is 108 cm³/mol. The van der Waals surface area contributed by atoms with E-state index in [-0.39, 0.29) is 5.91 Å². The maximum atomic E-state index is 12.2. The van der Waals surface area contributed by atoms with Gasteiger partial charge in [0, 0.05) is 43.4 Å². The number of amides is 1. The third kappa shape index (κ3) is 4.77.